The van der Waals surface area contributed by atoms with E-state index in [2.05, 4.69) is 62.4 Å². The first-order valence-corrected chi connectivity index (χ1v) is 5.28. The van der Waals surface area contributed by atoms with Gasteiger partial charge in [0.1, 0.15) is 0 Å². The number of rotatable bonds is 2. The molecule has 0 N–H and O–H groups in total. The zero-order chi connectivity index (χ0) is 10.2. The molecule has 0 nitrogen and oxygen atoms in total. The van der Waals surface area contributed by atoms with Gasteiger partial charge in [-0.2, -0.15) is 35.4 Å². The average Bonchev–Trinajstić information content (AvgIpc) is 2.92. The minimum atomic E-state index is 0. The van der Waals surface area contributed by atoms with Crippen LogP contribution < -0.4 is 9.41 Å². The first-order valence-electron chi connectivity index (χ1n) is 5.28. The van der Waals surface area contributed by atoms with Gasteiger partial charge in [0.2, 0.25) is 0 Å². The minimum absolute atomic E-state index is 0. The van der Waals surface area contributed by atoms with E-state index < -0.39 is 0 Å². The van der Waals surface area contributed by atoms with Gasteiger partial charge in [-0.05, 0) is 0 Å². The van der Waals surface area contributed by atoms with Crippen molar-refractivity contribution in [3.63, 3.8) is 0 Å². The molecule has 0 aliphatic heterocycles. The Bertz CT molecular complexity index is 278. The zero-order valence-corrected chi connectivity index (χ0v) is 13.9. The van der Waals surface area contributed by atoms with Crippen molar-refractivity contribution in [3.05, 3.63) is 59.7 Å². The predicted octanol–water partition coefficient (Wildman–Crippen LogP) is -2.06. The SMILES string of the molecule is CC[c-]1cccc1.CC[c-]1cccc1.[F-].[F-].[Hf+4]. The molecule has 2 rings (SSSR count). The monoisotopic (exact) mass is 404 g/mol. The molecule has 3 heteroatoms. The molecule has 0 heterocycles. The summed E-state index contributed by atoms with van der Waals surface area (Å²) in [5.41, 5.74) is 2.86. The summed E-state index contributed by atoms with van der Waals surface area (Å²) in [7, 11) is 0. The molecule has 0 bridgehead atoms. The molecule has 0 saturated carbocycles. The maximum atomic E-state index is 2.16. The summed E-state index contributed by atoms with van der Waals surface area (Å²) < 4.78 is 0. The summed E-state index contributed by atoms with van der Waals surface area (Å²) >= 11 is 0. The fraction of sp³-hybridized carbons (Fsp3) is 0.286. The van der Waals surface area contributed by atoms with Crippen molar-refractivity contribution in [1.82, 2.24) is 0 Å². The summed E-state index contributed by atoms with van der Waals surface area (Å²) in [6, 6.07) is 16.8. The first kappa shape index (κ1) is 21.7. The fourth-order valence-corrected chi connectivity index (χ4v) is 1.30. The van der Waals surface area contributed by atoms with Crippen LogP contribution in [0.2, 0.25) is 0 Å². The molecule has 0 unspecified atom stereocenters. The molecule has 2 aromatic carbocycles. The van der Waals surface area contributed by atoms with Crippen LogP contribution in [-0.2, 0) is 38.7 Å². The van der Waals surface area contributed by atoms with Crippen molar-refractivity contribution in [2.24, 2.45) is 0 Å². The van der Waals surface area contributed by atoms with Crippen molar-refractivity contribution < 1.29 is 35.3 Å². The van der Waals surface area contributed by atoms with E-state index in [1.165, 1.54) is 11.1 Å². The van der Waals surface area contributed by atoms with Crippen LogP contribution in [0.25, 0.3) is 0 Å². The normalized spacial score (nSPS) is 7.65. The molecule has 0 fully saturated rings. The Morgan fingerprint density at radius 1 is 0.647 bits per heavy atom. The number of hydrogen-bond donors (Lipinski definition) is 0. The van der Waals surface area contributed by atoms with E-state index in [-0.39, 0.29) is 35.3 Å². The van der Waals surface area contributed by atoms with Gasteiger partial charge < -0.3 is 9.41 Å². The smallest absolute Gasteiger partial charge is 1.00 e. The standard InChI is InChI=1S/2C7H9.2FH.Hf/c2*1-2-7-5-3-4-6-7;;;/h2*3-6H,2H2,1H3;2*1H;/q2*-1;;;+4/p-2. The predicted molar refractivity (Wildman–Crippen MR) is 62.8 cm³/mol. The number of aryl methyl sites for hydroxylation is 2. The fourth-order valence-electron chi connectivity index (χ4n) is 1.30. The largest absolute Gasteiger partial charge is 4.00 e. The Morgan fingerprint density at radius 3 is 1.00 bits per heavy atom. The Labute approximate surface area is 121 Å². The Balaban J connectivity index is -0.000000196. The molecular formula is C14H18F2Hf. The van der Waals surface area contributed by atoms with Crippen LogP contribution in [0.15, 0.2) is 48.5 Å². The molecule has 2 aromatic rings. The number of halogens is 2. The van der Waals surface area contributed by atoms with Gasteiger partial charge in [0.15, 0.2) is 0 Å². The molecule has 0 spiro atoms. The van der Waals surface area contributed by atoms with Crippen molar-refractivity contribution in [2.75, 3.05) is 0 Å². The summed E-state index contributed by atoms with van der Waals surface area (Å²) in [5, 5.41) is 0. The summed E-state index contributed by atoms with van der Waals surface area (Å²) in [4.78, 5) is 0. The van der Waals surface area contributed by atoms with Crippen molar-refractivity contribution in [3.8, 4) is 0 Å². The van der Waals surface area contributed by atoms with Crippen molar-refractivity contribution in [1.29, 1.82) is 0 Å². The van der Waals surface area contributed by atoms with Crippen molar-refractivity contribution >= 4 is 0 Å². The van der Waals surface area contributed by atoms with E-state index in [9.17, 15) is 0 Å². The third kappa shape index (κ3) is 9.16. The van der Waals surface area contributed by atoms with Gasteiger partial charge in [0.05, 0.1) is 0 Å². The van der Waals surface area contributed by atoms with Crippen LogP contribution in [0, 0.1) is 0 Å². The van der Waals surface area contributed by atoms with E-state index in [0.717, 1.165) is 12.8 Å². The molecule has 0 saturated heterocycles. The second-order valence-electron chi connectivity index (χ2n) is 3.29. The Kier molecular flexibility index (Phi) is 17.2. The average molecular weight is 403 g/mol. The van der Waals surface area contributed by atoms with Gasteiger partial charge in [0, 0.05) is 0 Å². The van der Waals surface area contributed by atoms with E-state index in [0.29, 0.717) is 0 Å². The minimum Gasteiger partial charge on any atom is -1.00 e. The van der Waals surface area contributed by atoms with Crippen LogP contribution in [0.1, 0.15) is 25.0 Å². The number of hydrogen-bond acceptors (Lipinski definition) is 0. The summed E-state index contributed by atoms with van der Waals surface area (Å²) in [6.07, 6.45) is 2.32. The third-order valence-electron chi connectivity index (χ3n) is 2.28. The van der Waals surface area contributed by atoms with Gasteiger partial charge in [-0.1, -0.05) is 26.7 Å². The van der Waals surface area contributed by atoms with Crippen molar-refractivity contribution in [2.45, 2.75) is 26.7 Å². The third-order valence-corrected chi connectivity index (χ3v) is 2.28. The quantitative estimate of drug-likeness (QED) is 0.400. The molecular weight excluding hydrogens is 385 g/mol. The van der Waals surface area contributed by atoms with E-state index >= 15 is 0 Å². The van der Waals surface area contributed by atoms with Gasteiger partial charge in [0.25, 0.3) is 0 Å². The maximum absolute atomic E-state index is 2.16. The zero-order valence-electron chi connectivity index (χ0n) is 10.3. The topological polar surface area (TPSA) is 0 Å². The van der Waals surface area contributed by atoms with Gasteiger partial charge in [-0.15, -0.1) is 0 Å². The summed E-state index contributed by atoms with van der Waals surface area (Å²) in [6.45, 7) is 4.32. The molecule has 0 aliphatic carbocycles. The van der Waals surface area contributed by atoms with E-state index in [1.807, 2.05) is 0 Å². The molecule has 0 aliphatic rings. The van der Waals surface area contributed by atoms with Gasteiger partial charge in [-0.3, -0.25) is 0 Å². The molecule has 17 heavy (non-hydrogen) atoms. The molecule has 0 atom stereocenters. The Hall–Kier alpha value is -0.570. The second-order valence-corrected chi connectivity index (χ2v) is 3.29. The van der Waals surface area contributed by atoms with E-state index in [4.69, 9.17) is 0 Å². The summed E-state index contributed by atoms with van der Waals surface area (Å²) in [5.74, 6) is 0. The maximum Gasteiger partial charge on any atom is 4.00 e. The second kappa shape index (κ2) is 13.5. The molecule has 0 amide bonds. The van der Waals surface area contributed by atoms with Crippen LogP contribution >= 0.6 is 0 Å². The first-order chi connectivity index (χ1) is 6.86. The Morgan fingerprint density at radius 2 is 0.882 bits per heavy atom. The van der Waals surface area contributed by atoms with Gasteiger partial charge >= 0.3 is 25.8 Å². The van der Waals surface area contributed by atoms with Crippen LogP contribution in [0.3, 0.4) is 0 Å². The van der Waals surface area contributed by atoms with Crippen LogP contribution in [-0.4, -0.2) is 0 Å². The molecule has 0 aromatic heterocycles. The van der Waals surface area contributed by atoms with Gasteiger partial charge in [-0.25, -0.2) is 24.3 Å². The van der Waals surface area contributed by atoms with Crippen LogP contribution in [0.4, 0.5) is 0 Å². The molecule has 92 valence electrons. The van der Waals surface area contributed by atoms with Crippen LogP contribution in [0.5, 0.6) is 0 Å². The van der Waals surface area contributed by atoms with E-state index in [1.54, 1.807) is 0 Å². The molecule has 0 radical (unpaired) electrons.